The van der Waals surface area contributed by atoms with Gasteiger partial charge < -0.3 is 20.2 Å². The molecule has 1 saturated carbocycles. The second kappa shape index (κ2) is 7.12. The number of aliphatic carboxylic acids is 1. The third kappa shape index (κ3) is 4.11. The summed E-state index contributed by atoms with van der Waals surface area (Å²) in [6.07, 6.45) is 2.05. The van der Waals surface area contributed by atoms with Crippen molar-refractivity contribution in [2.45, 2.75) is 32.2 Å². The predicted molar refractivity (Wildman–Crippen MR) is 73.2 cm³/mol. The second-order valence-electron chi connectivity index (χ2n) is 5.23. The van der Waals surface area contributed by atoms with Crippen LogP contribution in [-0.2, 0) is 9.59 Å². The lowest BCUT2D eigenvalue weighted by Crippen LogP contribution is -2.49. The maximum Gasteiger partial charge on any atom is 0.318 e. The number of amides is 3. The molecule has 0 heterocycles. The molecule has 7 nitrogen and oxygen atoms in total. The number of hydrogen-bond acceptors (Lipinski definition) is 3. The predicted octanol–water partition coefficient (Wildman–Crippen LogP) is 0.359. The Balaban J connectivity index is 2.59. The van der Waals surface area contributed by atoms with Crippen molar-refractivity contribution >= 4 is 17.9 Å². The van der Waals surface area contributed by atoms with Gasteiger partial charge in [-0.05, 0) is 19.8 Å². The standard InChI is InChI=1S/C13H23N3O4/c1-4-16(8-11(17)15(2)3)13(20)14-10-7-5-6-9(10)12(18)19/h9-10H,4-8H2,1-3H3,(H,14,20)(H,18,19). The number of urea groups is 1. The first kappa shape index (κ1) is 16.3. The van der Waals surface area contributed by atoms with Crippen LogP contribution in [0.1, 0.15) is 26.2 Å². The topological polar surface area (TPSA) is 90.0 Å². The molecule has 0 aromatic carbocycles. The highest BCUT2D eigenvalue weighted by molar-refractivity contribution is 5.84. The van der Waals surface area contributed by atoms with Crippen molar-refractivity contribution in [3.8, 4) is 0 Å². The monoisotopic (exact) mass is 285 g/mol. The number of carbonyl (C=O) groups is 3. The van der Waals surface area contributed by atoms with E-state index in [0.717, 1.165) is 6.42 Å². The molecular weight excluding hydrogens is 262 g/mol. The molecule has 2 atom stereocenters. The van der Waals surface area contributed by atoms with E-state index in [2.05, 4.69) is 5.32 Å². The Labute approximate surface area is 118 Å². The van der Waals surface area contributed by atoms with E-state index in [1.54, 1.807) is 21.0 Å². The fourth-order valence-corrected chi connectivity index (χ4v) is 2.31. The molecule has 0 aromatic heterocycles. The van der Waals surface area contributed by atoms with Crippen molar-refractivity contribution in [1.29, 1.82) is 0 Å². The van der Waals surface area contributed by atoms with Gasteiger partial charge in [0, 0.05) is 26.7 Å². The lowest BCUT2D eigenvalue weighted by molar-refractivity contribution is -0.142. The molecule has 0 aromatic rings. The highest BCUT2D eigenvalue weighted by atomic mass is 16.4. The molecule has 20 heavy (non-hydrogen) atoms. The Bertz CT molecular complexity index is 384. The van der Waals surface area contributed by atoms with Crippen LogP contribution in [0.15, 0.2) is 0 Å². The maximum atomic E-state index is 12.1. The summed E-state index contributed by atoms with van der Waals surface area (Å²) >= 11 is 0. The van der Waals surface area contributed by atoms with Gasteiger partial charge in [0.2, 0.25) is 5.91 Å². The van der Waals surface area contributed by atoms with E-state index in [9.17, 15) is 14.4 Å². The molecule has 0 aliphatic heterocycles. The Morgan fingerprint density at radius 2 is 1.90 bits per heavy atom. The van der Waals surface area contributed by atoms with E-state index in [1.165, 1.54) is 9.80 Å². The summed E-state index contributed by atoms with van der Waals surface area (Å²) in [6.45, 7) is 2.18. The Kier molecular flexibility index (Phi) is 5.79. The Hall–Kier alpha value is -1.79. The quantitative estimate of drug-likeness (QED) is 0.763. The van der Waals surface area contributed by atoms with Crippen molar-refractivity contribution in [1.82, 2.24) is 15.1 Å². The van der Waals surface area contributed by atoms with Gasteiger partial charge in [-0.1, -0.05) is 6.42 Å². The molecular formula is C13H23N3O4. The van der Waals surface area contributed by atoms with Gasteiger partial charge in [-0.15, -0.1) is 0 Å². The zero-order valence-corrected chi connectivity index (χ0v) is 12.3. The van der Waals surface area contributed by atoms with Crippen LogP contribution in [0.3, 0.4) is 0 Å². The molecule has 0 bridgehead atoms. The van der Waals surface area contributed by atoms with Crippen molar-refractivity contribution in [3.63, 3.8) is 0 Å². The van der Waals surface area contributed by atoms with Crippen molar-refractivity contribution < 1.29 is 19.5 Å². The SMILES string of the molecule is CCN(CC(=O)N(C)C)C(=O)NC1CCCC1C(=O)O. The zero-order valence-electron chi connectivity index (χ0n) is 12.3. The van der Waals surface area contributed by atoms with Crippen LogP contribution in [0, 0.1) is 5.92 Å². The van der Waals surface area contributed by atoms with Crippen LogP contribution >= 0.6 is 0 Å². The molecule has 3 amide bonds. The van der Waals surface area contributed by atoms with E-state index in [1.807, 2.05) is 0 Å². The molecule has 2 N–H and O–H groups in total. The highest BCUT2D eigenvalue weighted by Crippen LogP contribution is 2.25. The molecule has 1 aliphatic rings. The second-order valence-corrected chi connectivity index (χ2v) is 5.23. The first-order valence-electron chi connectivity index (χ1n) is 6.85. The van der Waals surface area contributed by atoms with E-state index in [0.29, 0.717) is 19.4 Å². The summed E-state index contributed by atoms with van der Waals surface area (Å²) < 4.78 is 0. The minimum Gasteiger partial charge on any atom is -0.481 e. The molecule has 0 saturated heterocycles. The summed E-state index contributed by atoms with van der Waals surface area (Å²) in [5.74, 6) is -1.56. The van der Waals surface area contributed by atoms with Crippen LogP contribution in [-0.4, -0.2) is 66.0 Å². The first-order chi connectivity index (χ1) is 9.36. The molecule has 1 fully saturated rings. The number of nitrogens with zero attached hydrogens (tertiary/aromatic N) is 2. The number of carboxylic acid groups (broad SMARTS) is 1. The lowest BCUT2D eigenvalue weighted by atomic mass is 10.0. The van der Waals surface area contributed by atoms with Gasteiger partial charge in [-0.25, -0.2) is 4.79 Å². The maximum absolute atomic E-state index is 12.1. The first-order valence-corrected chi connectivity index (χ1v) is 6.85. The van der Waals surface area contributed by atoms with Gasteiger partial charge in [-0.3, -0.25) is 9.59 Å². The molecule has 1 rings (SSSR count). The van der Waals surface area contributed by atoms with Crippen LogP contribution in [0.25, 0.3) is 0 Å². The molecule has 1 aliphatic carbocycles. The Morgan fingerprint density at radius 1 is 1.25 bits per heavy atom. The number of likely N-dealkylation sites (N-methyl/N-ethyl adjacent to an activating group) is 2. The minimum atomic E-state index is -0.875. The summed E-state index contributed by atoms with van der Waals surface area (Å²) in [5, 5.41) is 11.8. The number of nitrogens with one attached hydrogen (secondary N) is 1. The highest BCUT2D eigenvalue weighted by Gasteiger charge is 2.34. The summed E-state index contributed by atoms with van der Waals surface area (Å²) in [6, 6.07) is -0.718. The van der Waals surface area contributed by atoms with E-state index in [-0.39, 0.29) is 24.5 Å². The number of rotatable bonds is 5. The average Bonchev–Trinajstić information content (AvgIpc) is 2.83. The van der Waals surface area contributed by atoms with Gasteiger partial charge in [0.05, 0.1) is 5.92 Å². The Morgan fingerprint density at radius 3 is 2.40 bits per heavy atom. The minimum absolute atomic E-state index is 0.000207. The van der Waals surface area contributed by atoms with Crippen molar-refractivity contribution in [2.24, 2.45) is 5.92 Å². The fraction of sp³-hybridized carbons (Fsp3) is 0.769. The van der Waals surface area contributed by atoms with Crippen LogP contribution < -0.4 is 5.32 Å². The third-order valence-electron chi connectivity index (χ3n) is 3.64. The van der Waals surface area contributed by atoms with E-state index < -0.39 is 11.9 Å². The van der Waals surface area contributed by atoms with Crippen molar-refractivity contribution in [2.75, 3.05) is 27.2 Å². The third-order valence-corrected chi connectivity index (χ3v) is 3.64. The molecule has 114 valence electrons. The average molecular weight is 285 g/mol. The van der Waals surface area contributed by atoms with Crippen LogP contribution in [0.4, 0.5) is 4.79 Å². The van der Waals surface area contributed by atoms with Gasteiger partial charge in [0.15, 0.2) is 0 Å². The molecule has 0 radical (unpaired) electrons. The summed E-state index contributed by atoms with van der Waals surface area (Å²) in [7, 11) is 3.26. The largest absolute Gasteiger partial charge is 0.481 e. The van der Waals surface area contributed by atoms with Gasteiger partial charge in [0.1, 0.15) is 6.54 Å². The van der Waals surface area contributed by atoms with E-state index in [4.69, 9.17) is 5.11 Å². The van der Waals surface area contributed by atoms with Gasteiger partial charge in [0.25, 0.3) is 0 Å². The molecule has 2 unspecified atom stereocenters. The number of carboxylic acids is 1. The van der Waals surface area contributed by atoms with Gasteiger partial charge >= 0.3 is 12.0 Å². The molecule has 7 heteroatoms. The summed E-state index contributed by atoms with van der Waals surface area (Å²) in [5.41, 5.74) is 0. The fourth-order valence-electron chi connectivity index (χ4n) is 2.31. The van der Waals surface area contributed by atoms with Crippen molar-refractivity contribution in [3.05, 3.63) is 0 Å². The smallest absolute Gasteiger partial charge is 0.318 e. The van der Waals surface area contributed by atoms with Crippen LogP contribution in [0.2, 0.25) is 0 Å². The lowest BCUT2D eigenvalue weighted by Gasteiger charge is -2.26. The normalized spacial score (nSPS) is 21.4. The van der Waals surface area contributed by atoms with Crippen LogP contribution in [0.5, 0.6) is 0 Å². The molecule has 0 spiro atoms. The number of hydrogen-bond donors (Lipinski definition) is 2. The summed E-state index contributed by atoms with van der Waals surface area (Å²) in [4.78, 5) is 37.6. The number of carbonyl (C=O) groups excluding carboxylic acids is 2. The van der Waals surface area contributed by atoms with Gasteiger partial charge in [-0.2, -0.15) is 0 Å². The van der Waals surface area contributed by atoms with E-state index >= 15 is 0 Å². The zero-order chi connectivity index (χ0) is 15.3.